The second kappa shape index (κ2) is 5.74. The highest BCUT2D eigenvalue weighted by Gasteiger charge is 2.21. The maximum absolute atomic E-state index is 5.49. The van der Waals surface area contributed by atoms with E-state index in [0.29, 0.717) is 6.04 Å². The fourth-order valence-corrected chi connectivity index (χ4v) is 3.65. The molecule has 0 saturated carbocycles. The molecular weight excluding hydrogens is 316 g/mol. The van der Waals surface area contributed by atoms with E-state index in [1.54, 1.807) is 0 Å². The highest BCUT2D eigenvalue weighted by atomic mass is 16.7. The molecule has 0 bridgehead atoms. The Morgan fingerprint density at radius 1 is 1.04 bits per heavy atom. The summed E-state index contributed by atoms with van der Waals surface area (Å²) in [5, 5.41) is 5.71. The molecule has 5 rings (SSSR count). The van der Waals surface area contributed by atoms with Gasteiger partial charge in [0.05, 0.1) is 17.9 Å². The molecule has 3 aromatic rings. The van der Waals surface area contributed by atoms with Crippen LogP contribution in [0.4, 0.5) is 0 Å². The smallest absolute Gasteiger partial charge is 0.231 e. The van der Waals surface area contributed by atoms with Crippen molar-refractivity contribution >= 4 is 11.0 Å². The van der Waals surface area contributed by atoms with Crippen molar-refractivity contribution in [3.05, 3.63) is 36.5 Å². The molecular formula is C19H20N4O2. The lowest BCUT2D eigenvalue weighted by atomic mass is 10.1. The Hall–Kier alpha value is -2.60. The Balaban J connectivity index is 1.53. The monoisotopic (exact) mass is 336 g/mol. The quantitative estimate of drug-likeness (QED) is 0.720. The molecule has 0 aliphatic carbocycles. The van der Waals surface area contributed by atoms with Gasteiger partial charge in [0.25, 0.3) is 0 Å². The van der Waals surface area contributed by atoms with E-state index < -0.39 is 0 Å². The van der Waals surface area contributed by atoms with Crippen LogP contribution in [0.25, 0.3) is 22.3 Å². The summed E-state index contributed by atoms with van der Waals surface area (Å²) < 4.78 is 13.0. The van der Waals surface area contributed by atoms with Crippen molar-refractivity contribution in [2.45, 2.75) is 18.9 Å². The summed E-state index contributed by atoms with van der Waals surface area (Å²) in [4.78, 5) is 7.28. The molecule has 0 N–H and O–H groups in total. The second-order valence-corrected chi connectivity index (χ2v) is 6.80. The van der Waals surface area contributed by atoms with Gasteiger partial charge in [0, 0.05) is 10.9 Å². The highest BCUT2D eigenvalue weighted by Crippen LogP contribution is 2.36. The molecule has 0 unspecified atom stereocenters. The number of rotatable bonds is 2. The maximum Gasteiger partial charge on any atom is 0.231 e. The van der Waals surface area contributed by atoms with Gasteiger partial charge >= 0.3 is 0 Å². The standard InChI is InChI=1S/C19H20N4O2/c1-22-8-6-15(7-9-22)23-19-14(11-20-23)2-4-16(21-19)13-3-5-17-18(10-13)25-12-24-17/h2-5,10-11,15H,6-9,12H2,1H3. The van der Waals surface area contributed by atoms with Crippen molar-refractivity contribution in [1.82, 2.24) is 19.7 Å². The summed E-state index contributed by atoms with van der Waals surface area (Å²) in [6.07, 6.45) is 4.15. The third-order valence-corrected chi connectivity index (χ3v) is 5.15. The number of fused-ring (bicyclic) bond motifs is 2. The molecule has 0 amide bonds. The molecule has 0 spiro atoms. The first kappa shape index (κ1) is 14.7. The van der Waals surface area contributed by atoms with Crippen LogP contribution in [0.2, 0.25) is 0 Å². The van der Waals surface area contributed by atoms with Crippen molar-refractivity contribution in [2.75, 3.05) is 26.9 Å². The Morgan fingerprint density at radius 3 is 2.76 bits per heavy atom. The fraction of sp³-hybridized carbons (Fsp3) is 0.368. The van der Waals surface area contributed by atoms with Gasteiger partial charge in [-0.15, -0.1) is 0 Å². The zero-order valence-electron chi connectivity index (χ0n) is 14.2. The minimum atomic E-state index is 0.286. The average molecular weight is 336 g/mol. The first-order valence-electron chi connectivity index (χ1n) is 8.71. The van der Waals surface area contributed by atoms with Crippen LogP contribution in [0, 0.1) is 0 Å². The molecule has 2 aliphatic heterocycles. The third kappa shape index (κ3) is 2.53. The number of benzene rings is 1. The van der Waals surface area contributed by atoms with Crippen LogP contribution in [0.15, 0.2) is 36.5 Å². The van der Waals surface area contributed by atoms with Crippen molar-refractivity contribution in [1.29, 1.82) is 0 Å². The molecule has 6 nitrogen and oxygen atoms in total. The van der Waals surface area contributed by atoms with Crippen LogP contribution in [-0.4, -0.2) is 46.6 Å². The van der Waals surface area contributed by atoms with Gasteiger partial charge in [-0.1, -0.05) is 0 Å². The second-order valence-electron chi connectivity index (χ2n) is 6.80. The molecule has 0 radical (unpaired) electrons. The van der Waals surface area contributed by atoms with E-state index in [9.17, 15) is 0 Å². The Bertz CT molecular complexity index is 928. The third-order valence-electron chi connectivity index (χ3n) is 5.15. The molecule has 0 atom stereocenters. The summed E-state index contributed by atoms with van der Waals surface area (Å²) in [5.41, 5.74) is 2.92. The van der Waals surface area contributed by atoms with Gasteiger partial charge in [-0.3, -0.25) is 0 Å². The van der Waals surface area contributed by atoms with E-state index in [4.69, 9.17) is 14.5 Å². The Morgan fingerprint density at radius 2 is 1.88 bits per heavy atom. The van der Waals surface area contributed by atoms with Crippen LogP contribution < -0.4 is 9.47 Å². The van der Waals surface area contributed by atoms with Crippen LogP contribution in [0.5, 0.6) is 11.5 Å². The molecule has 2 aromatic heterocycles. The van der Waals surface area contributed by atoms with Crippen LogP contribution in [0.3, 0.4) is 0 Å². The molecule has 128 valence electrons. The number of likely N-dealkylation sites (tertiary alicyclic amines) is 1. The van der Waals surface area contributed by atoms with Gasteiger partial charge in [-0.2, -0.15) is 5.10 Å². The van der Waals surface area contributed by atoms with E-state index in [1.165, 1.54) is 0 Å². The van der Waals surface area contributed by atoms with Gasteiger partial charge in [0.15, 0.2) is 17.1 Å². The van der Waals surface area contributed by atoms with Gasteiger partial charge in [0.2, 0.25) is 6.79 Å². The highest BCUT2D eigenvalue weighted by molar-refractivity contribution is 5.79. The summed E-state index contributed by atoms with van der Waals surface area (Å²) in [6.45, 7) is 2.50. The lowest BCUT2D eigenvalue weighted by Gasteiger charge is -2.29. The van der Waals surface area contributed by atoms with E-state index in [2.05, 4.69) is 27.8 Å². The van der Waals surface area contributed by atoms with E-state index in [-0.39, 0.29) is 6.79 Å². The number of nitrogens with zero attached hydrogens (tertiary/aromatic N) is 4. The van der Waals surface area contributed by atoms with Gasteiger partial charge in [-0.25, -0.2) is 9.67 Å². The predicted molar refractivity (Wildman–Crippen MR) is 94.9 cm³/mol. The lowest BCUT2D eigenvalue weighted by Crippen LogP contribution is -2.31. The topological polar surface area (TPSA) is 52.4 Å². The molecule has 4 heterocycles. The van der Waals surface area contributed by atoms with Crippen molar-refractivity contribution in [3.63, 3.8) is 0 Å². The van der Waals surface area contributed by atoms with E-state index in [0.717, 1.165) is 59.7 Å². The summed E-state index contributed by atoms with van der Waals surface area (Å²) in [5.74, 6) is 1.57. The fourth-order valence-electron chi connectivity index (χ4n) is 3.65. The number of pyridine rings is 1. The van der Waals surface area contributed by atoms with Crippen LogP contribution >= 0.6 is 0 Å². The first-order valence-corrected chi connectivity index (χ1v) is 8.71. The Labute approximate surface area is 146 Å². The number of aromatic nitrogens is 3. The largest absolute Gasteiger partial charge is 0.454 e. The zero-order valence-corrected chi connectivity index (χ0v) is 14.2. The van der Waals surface area contributed by atoms with Crippen molar-refractivity contribution < 1.29 is 9.47 Å². The molecule has 2 aliphatic rings. The van der Waals surface area contributed by atoms with Gasteiger partial charge in [-0.05, 0) is 63.3 Å². The summed E-state index contributed by atoms with van der Waals surface area (Å²) >= 11 is 0. The molecule has 1 fully saturated rings. The molecule has 1 aromatic carbocycles. The molecule has 6 heteroatoms. The van der Waals surface area contributed by atoms with E-state index >= 15 is 0 Å². The minimum absolute atomic E-state index is 0.286. The van der Waals surface area contributed by atoms with Crippen molar-refractivity contribution in [2.24, 2.45) is 0 Å². The number of ether oxygens (including phenoxy) is 2. The van der Waals surface area contributed by atoms with E-state index in [1.807, 2.05) is 30.5 Å². The van der Waals surface area contributed by atoms with Gasteiger partial charge < -0.3 is 14.4 Å². The predicted octanol–water partition coefficient (Wildman–Crippen LogP) is 3.09. The SMILES string of the molecule is CN1CCC(n2ncc3ccc(-c4ccc5c(c4)OCO5)nc32)CC1. The maximum atomic E-state index is 5.49. The molecule has 25 heavy (non-hydrogen) atoms. The minimum Gasteiger partial charge on any atom is -0.454 e. The number of hydrogen-bond acceptors (Lipinski definition) is 5. The van der Waals surface area contributed by atoms with Crippen molar-refractivity contribution in [3.8, 4) is 22.8 Å². The van der Waals surface area contributed by atoms with Gasteiger partial charge in [0.1, 0.15) is 0 Å². The average Bonchev–Trinajstić information content (AvgIpc) is 3.28. The first-order chi connectivity index (χ1) is 12.3. The number of piperidine rings is 1. The zero-order chi connectivity index (χ0) is 16.8. The normalized spacial score (nSPS) is 18.1. The Kier molecular flexibility index (Phi) is 3.38. The summed E-state index contributed by atoms with van der Waals surface area (Å²) in [6, 6.07) is 10.5. The van der Waals surface area contributed by atoms with Crippen LogP contribution in [-0.2, 0) is 0 Å². The number of hydrogen-bond donors (Lipinski definition) is 0. The summed E-state index contributed by atoms with van der Waals surface area (Å²) in [7, 11) is 2.17. The molecule has 1 saturated heterocycles. The lowest BCUT2D eigenvalue weighted by molar-refractivity contribution is 0.174. The van der Waals surface area contributed by atoms with Crippen LogP contribution in [0.1, 0.15) is 18.9 Å².